The standard InChI is InChI=1S/C17H10F6N2O4S/c18-9-1-2-11(8-6-24-25-14(8)9)29-10-3-4-12(30(27,28)17(21,22)23)13-7(10)5-16(19,20)15(13)26/h1-4,6,15,26H,5H2,(H,24,25). The van der Waals surface area contributed by atoms with Crippen LogP contribution in [0, 0.1) is 5.82 Å². The Balaban J connectivity index is 1.90. The normalized spacial score (nSPS) is 18.6. The van der Waals surface area contributed by atoms with Crippen molar-refractivity contribution in [1.82, 2.24) is 10.2 Å². The molecule has 0 saturated heterocycles. The first kappa shape index (κ1) is 20.5. The Bertz CT molecular complexity index is 1270. The third-order valence-corrected chi connectivity index (χ3v) is 6.24. The van der Waals surface area contributed by atoms with E-state index in [1.165, 1.54) is 6.20 Å². The monoisotopic (exact) mass is 452 g/mol. The predicted molar refractivity (Wildman–Crippen MR) is 89.4 cm³/mol. The van der Waals surface area contributed by atoms with Crippen molar-refractivity contribution >= 4 is 20.7 Å². The number of halogens is 6. The SMILES string of the molecule is O=S(=O)(c1ccc(Oc2ccc(F)c3[nH]ncc23)c2c1C(O)C(F)(F)C2)C(F)(F)F. The fourth-order valence-corrected chi connectivity index (χ4v) is 4.31. The molecule has 1 aliphatic rings. The number of aromatic amines is 1. The van der Waals surface area contributed by atoms with Gasteiger partial charge in [0.1, 0.15) is 28.9 Å². The van der Waals surface area contributed by atoms with Gasteiger partial charge in [-0.25, -0.2) is 21.6 Å². The summed E-state index contributed by atoms with van der Waals surface area (Å²) in [6.07, 6.45) is -2.86. The minimum absolute atomic E-state index is 0.0641. The van der Waals surface area contributed by atoms with Crippen molar-refractivity contribution in [1.29, 1.82) is 0 Å². The van der Waals surface area contributed by atoms with Crippen LogP contribution in [0.3, 0.4) is 0 Å². The minimum atomic E-state index is -6.02. The number of fused-ring (bicyclic) bond motifs is 2. The molecule has 1 atom stereocenters. The van der Waals surface area contributed by atoms with E-state index in [9.17, 15) is 39.9 Å². The summed E-state index contributed by atoms with van der Waals surface area (Å²) < 4.78 is 110. The molecule has 0 spiro atoms. The van der Waals surface area contributed by atoms with E-state index in [0.717, 1.165) is 18.2 Å². The van der Waals surface area contributed by atoms with Crippen LogP contribution in [0.5, 0.6) is 11.5 Å². The minimum Gasteiger partial charge on any atom is -0.456 e. The first-order chi connectivity index (χ1) is 13.8. The molecule has 0 fully saturated rings. The number of benzene rings is 2. The topological polar surface area (TPSA) is 92.3 Å². The van der Waals surface area contributed by atoms with Gasteiger partial charge < -0.3 is 9.84 Å². The van der Waals surface area contributed by atoms with Gasteiger partial charge >= 0.3 is 5.51 Å². The molecule has 6 nitrogen and oxygen atoms in total. The summed E-state index contributed by atoms with van der Waals surface area (Å²) in [5.41, 5.74) is -7.51. The predicted octanol–water partition coefficient (Wildman–Crippen LogP) is 4.01. The summed E-state index contributed by atoms with van der Waals surface area (Å²) in [6, 6.07) is 3.35. The zero-order valence-electron chi connectivity index (χ0n) is 14.5. The maximum absolute atomic E-state index is 14.1. The van der Waals surface area contributed by atoms with E-state index in [4.69, 9.17) is 4.74 Å². The summed E-state index contributed by atoms with van der Waals surface area (Å²) in [7, 11) is -6.02. The molecule has 3 aromatic rings. The van der Waals surface area contributed by atoms with Crippen LogP contribution in [0.25, 0.3) is 10.9 Å². The van der Waals surface area contributed by atoms with E-state index in [1.54, 1.807) is 0 Å². The average molecular weight is 452 g/mol. The van der Waals surface area contributed by atoms with Crippen molar-refractivity contribution in [3.8, 4) is 11.5 Å². The third kappa shape index (κ3) is 2.91. The highest BCUT2D eigenvalue weighted by Crippen LogP contribution is 2.51. The van der Waals surface area contributed by atoms with Gasteiger partial charge in [0, 0.05) is 17.5 Å². The van der Waals surface area contributed by atoms with Gasteiger partial charge in [0.2, 0.25) is 0 Å². The second kappa shape index (κ2) is 6.35. The van der Waals surface area contributed by atoms with Gasteiger partial charge in [-0.3, -0.25) is 5.10 Å². The maximum Gasteiger partial charge on any atom is 0.501 e. The van der Waals surface area contributed by atoms with E-state index in [1.807, 2.05) is 0 Å². The summed E-state index contributed by atoms with van der Waals surface area (Å²) in [5.74, 6) is -5.09. The van der Waals surface area contributed by atoms with Crippen LogP contribution >= 0.6 is 0 Å². The molecule has 4 rings (SSSR count). The molecule has 13 heteroatoms. The van der Waals surface area contributed by atoms with Gasteiger partial charge in [-0.1, -0.05) is 0 Å². The first-order valence-electron chi connectivity index (χ1n) is 8.17. The number of nitrogens with zero attached hydrogens (tertiary/aromatic N) is 1. The van der Waals surface area contributed by atoms with Gasteiger partial charge in [0.15, 0.2) is 0 Å². The molecule has 0 amide bonds. The molecule has 2 aromatic carbocycles. The Morgan fingerprint density at radius 1 is 1.17 bits per heavy atom. The third-order valence-electron chi connectivity index (χ3n) is 4.70. The molecular formula is C17H10F6N2O4S. The number of aliphatic hydroxyl groups excluding tert-OH is 1. The maximum atomic E-state index is 14.1. The van der Waals surface area contributed by atoms with Crippen molar-refractivity contribution in [2.24, 2.45) is 0 Å². The quantitative estimate of drug-likeness (QED) is 0.586. The van der Waals surface area contributed by atoms with Crippen molar-refractivity contribution in [2.75, 3.05) is 0 Å². The van der Waals surface area contributed by atoms with Crippen molar-refractivity contribution in [3.05, 3.63) is 47.4 Å². The highest BCUT2D eigenvalue weighted by molar-refractivity contribution is 7.92. The van der Waals surface area contributed by atoms with Gasteiger partial charge in [-0.05, 0) is 24.3 Å². The lowest BCUT2D eigenvalue weighted by atomic mass is 10.1. The highest BCUT2D eigenvalue weighted by atomic mass is 32.2. The second-order valence-electron chi connectivity index (χ2n) is 6.55. The number of aromatic nitrogens is 2. The van der Waals surface area contributed by atoms with Gasteiger partial charge in [-0.15, -0.1) is 0 Å². The average Bonchev–Trinajstić information content (AvgIpc) is 3.22. The molecule has 2 N–H and O–H groups in total. The number of alkyl halides is 5. The Hall–Kier alpha value is -2.80. The van der Waals surface area contributed by atoms with Crippen molar-refractivity contribution < 1.29 is 44.6 Å². The number of rotatable bonds is 3. The molecule has 0 bridgehead atoms. The lowest BCUT2D eigenvalue weighted by molar-refractivity contribution is -0.0978. The van der Waals surface area contributed by atoms with Crippen LogP contribution in [0.4, 0.5) is 26.3 Å². The van der Waals surface area contributed by atoms with Crippen LogP contribution in [0.15, 0.2) is 35.4 Å². The van der Waals surface area contributed by atoms with E-state index >= 15 is 0 Å². The number of aliphatic hydroxyl groups is 1. The molecule has 0 aliphatic heterocycles. The molecule has 1 aromatic heterocycles. The lowest BCUT2D eigenvalue weighted by Crippen LogP contribution is -2.26. The van der Waals surface area contributed by atoms with Crippen LogP contribution in [0.1, 0.15) is 17.2 Å². The number of H-pyrrole nitrogens is 1. The molecule has 0 saturated carbocycles. The molecule has 1 heterocycles. The summed E-state index contributed by atoms with van der Waals surface area (Å²) >= 11 is 0. The van der Waals surface area contributed by atoms with E-state index in [2.05, 4.69) is 10.2 Å². The van der Waals surface area contributed by atoms with Crippen LogP contribution in [-0.4, -0.2) is 35.2 Å². The van der Waals surface area contributed by atoms with Crippen LogP contribution in [0.2, 0.25) is 0 Å². The Labute approximate surface area is 164 Å². The fourth-order valence-electron chi connectivity index (χ4n) is 3.29. The smallest absolute Gasteiger partial charge is 0.456 e. The van der Waals surface area contributed by atoms with E-state index in [0.29, 0.717) is 6.07 Å². The number of ether oxygens (including phenoxy) is 1. The molecular weight excluding hydrogens is 442 g/mol. The first-order valence-corrected chi connectivity index (χ1v) is 9.65. The number of hydrogen-bond acceptors (Lipinski definition) is 5. The summed E-state index contributed by atoms with van der Waals surface area (Å²) in [5, 5.41) is 16.0. The Morgan fingerprint density at radius 3 is 2.50 bits per heavy atom. The van der Waals surface area contributed by atoms with Crippen LogP contribution < -0.4 is 4.74 Å². The number of sulfone groups is 1. The lowest BCUT2D eigenvalue weighted by Gasteiger charge is -2.17. The molecule has 30 heavy (non-hydrogen) atoms. The van der Waals surface area contributed by atoms with Crippen molar-refractivity contribution in [2.45, 2.75) is 28.9 Å². The zero-order valence-corrected chi connectivity index (χ0v) is 15.3. The molecule has 160 valence electrons. The van der Waals surface area contributed by atoms with Gasteiger partial charge in [-0.2, -0.15) is 18.3 Å². The molecule has 0 radical (unpaired) electrons. The fraction of sp³-hybridized carbons (Fsp3) is 0.235. The largest absolute Gasteiger partial charge is 0.501 e. The number of hydrogen-bond donors (Lipinski definition) is 2. The van der Waals surface area contributed by atoms with Gasteiger partial charge in [0.05, 0.1) is 16.5 Å². The summed E-state index contributed by atoms with van der Waals surface area (Å²) in [6.45, 7) is 0. The van der Waals surface area contributed by atoms with E-state index in [-0.39, 0.29) is 16.7 Å². The second-order valence-corrected chi connectivity index (χ2v) is 8.46. The van der Waals surface area contributed by atoms with Crippen LogP contribution in [-0.2, 0) is 16.3 Å². The summed E-state index contributed by atoms with van der Waals surface area (Å²) in [4.78, 5) is -1.48. The molecule has 1 aliphatic carbocycles. The highest BCUT2D eigenvalue weighted by Gasteiger charge is 2.55. The Kier molecular flexibility index (Phi) is 4.33. The molecule has 1 unspecified atom stereocenters. The van der Waals surface area contributed by atoms with Crippen molar-refractivity contribution in [3.63, 3.8) is 0 Å². The van der Waals surface area contributed by atoms with Gasteiger partial charge in [0.25, 0.3) is 15.8 Å². The van der Waals surface area contributed by atoms with E-state index < -0.39 is 61.4 Å². The number of nitrogens with one attached hydrogen (secondary N) is 1. The zero-order chi connectivity index (χ0) is 22.1. The Morgan fingerprint density at radius 2 is 1.83 bits per heavy atom.